The molecular formula is C12H14O4. The number of ether oxygens (including phenoxy) is 2. The molecule has 4 heteroatoms. The number of carbonyl (C=O) groups excluding carboxylic acids is 2. The zero-order valence-corrected chi connectivity index (χ0v) is 9.25. The predicted octanol–water partition coefficient (Wildman–Crippen LogP) is 0.316. The van der Waals surface area contributed by atoms with Crippen LogP contribution in [-0.4, -0.2) is 26.2 Å². The van der Waals surface area contributed by atoms with Gasteiger partial charge in [0.05, 0.1) is 26.1 Å². The van der Waals surface area contributed by atoms with Crippen molar-refractivity contribution in [2.24, 2.45) is 47.3 Å². The smallest absolute Gasteiger partial charge is 0.309 e. The minimum absolute atomic E-state index is 0.0669. The van der Waals surface area contributed by atoms with E-state index >= 15 is 0 Å². The largest absolute Gasteiger partial charge is 0.469 e. The molecule has 16 heavy (non-hydrogen) atoms. The van der Waals surface area contributed by atoms with Gasteiger partial charge in [0.2, 0.25) is 0 Å². The van der Waals surface area contributed by atoms with Crippen LogP contribution in [0, 0.1) is 47.3 Å². The Bertz CT molecular complexity index is 346. The molecule has 0 amide bonds. The molecule has 0 radical (unpaired) electrons. The first-order valence-corrected chi connectivity index (χ1v) is 5.88. The van der Waals surface area contributed by atoms with E-state index in [1.165, 1.54) is 14.2 Å². The Hall–Kier alpha value is -1.06. The van der Waals surface area contributed by atoms with Gasteiger partial charge in [0, 0.05) is 0 Å². The second-order valence-electron chi connectivity index (χ2n) is 5.56. The molecule has 0 aromatic heterocycles. The number of esters is 2. The van der Waals surface area contributed by atoms with Gasteiger partial charge in [0.1, 0.15) is 0 Å². The first kappa shape index (κ1) is 9.02. The zero-order valence-electron chi connectivity index (χ0n) is 9.25. The molecule has 86 valence electrons. The van der Waals surface area contributed by atoms with Crippen LogP contribution in [0.25, 0.3) is 0 Å². The van der Waals surface area contributed by atoms with E-state index in [1.54, 1.807) is 0 Å². The number of rotatable bonds is 2. The van der Waals surface area contributed by atoms with Gasteiger partial charge >= 0.3 is 11.9 Å². The van der Waals surface area contributed by atoms with E-state index in [2.05, 4.69) is 0 Å². The van der Waals surface area contributed by atoms with Gasteiger partial charge in [-0.05, 0) is 35.5 Å². The Kier molecular flexibility index (Phi) is 1.37. The van der Waals surface area contributed by atoms with E-state index in [4.69, 9.17) is 9.47 Å². The average Bonchev–Trinajstić information content (AvgIpc) is 2.32. The van der Waals surface area contributed by atoms with Gasteiger partial charge in [-0.25, -0.2) is 0 Å². The summed E-state index contributed by atoms with van der Waals surface area (Å²) < 4.78 is 9.68. The van der Waals surface area contributed by atoms with Crippen molar-refractivity contribution in [2.75, 3.05) is 14.2 Å². The molecule has 4 aliphatic rings. The fraction of sp³-hybridized carbons (Fsp3) is 0.833. The van der Waals surface area contributed by atoms with Crippen molar-refractivity contribution in [3.63, 3.8) is 0 Å². The summed E-state index contributed by atoms with van der Waals surface area (Å²) in [5.74, 6) is 3.23. The van der Waals surface area contributed by atoms with Gasteiger partial charge in [-0.15, -0.1) is 0 Å². The average molecular weight is 222 g/mol. The Morgan fingerprint density at radius 3 is 1.25 bits per heavy atom. The van der Waals surface area contributed by atoms with Crippen molar-refractivity contribution in [1.82, 2.24) is 0 Å². The molecule has 8 atom stereocenters. The highest BCUT2D eigenvalue weighted by atomic mass is 16.5. The van der Waals surface area contributed by atoms with Crippen molar-refractivity contribution < 1.29 is 19.1 Å². The van der Waals surface area contributed by atoms with E-state index in [-0.39, 0.29) is 23.8 Å². The third-order valence-corrected chi connectivity index (χ3v) is 5.72. The predicted molar refractivity (Wildman–Crippen MR) is 52.0 cm³/mol. The van der Waals surface area contributed by atoms with E-state index in [1.807, 2.05) is 0 Å². The number of hydrogen-bond acceptors (Lipinski definition) is 4. The van der Waals surface area contributed by atoms with E-state index in [0.717, 1.165) is 11.8 Å². The molecule has 0 bridgehead atoms. The molecule has 0 saturated heterocycles. The normalized spacial score (nSPS) is 57.9. The highest BCUT2D eigenvalue weighted by Crippen LogP contribution is 2.88. The lowest BCUT2D eigenvalue weighted by Crippen LogP contribution is -2.89. The lowest BCUT2D eigenvalue weighted by molar-refractivity contribution is -0.422. The topological polar surface area (TPSA) is 52.6 Å². The summed E-state index contributed by atoms with van der Waals surface area (Å²) in [4.78, 5) is 23.2. The molecule has 4 rings (SSSR count). The van der Waals surface area contributed by atoms with E-state index in [0.29, 0.717) is 23.7 Å². The molecule has 4 nitrogen and oxygen atoms in total. The maximum absolute atomic E-state index is 11.6. The van der Waals surface area contributed by atoms with Gasteiger partial charge in [-0.3, -0.25) is 9.59 Å². The summed E-state index contributed by atoms with van der Waals surface area (Å²) in [5, 5.41) is 0. The Morgan fingerprint density at radius 1 is 0.688 bits per heavy atom. The summed E-state index contributed by atoms with van der Waals surface area (Å²) >= 11 is 0. The van der Waals surface area contributed by atoms with Crippen LogP contribution < -0.4 is 0 Å². The first-order valence-electron chi connectivity index (χ1n) is 5.88. The number of hydrogen-bond donors (Lipinski definition) is 0. The quantitative estimate of drug-likeness (QED) is 0.631. The summed E-state index contributed by atoms with van der Waals surface area (Å²) in [5.41, 5.74) is 0. The van der Waals surface area contributed by atoms with Crippen LogP contribution in [0.1, 0.15) is 0 Å². The van der Waals surface area contributed by atoms with Crippen LogP contribution in [0.2, 0.25) is 0 Å². The van der Waals surface area contributed by atoms with Crippen molar-refractivity contribution in [3.05, 3.63) is 0 Å². The summed E-state index contributed by atoms with van der Waals surface area (Å²) in [6.45, 7) is 0. The van der Waals surface area contributed by atoms with Crippen LogP contribution >= 0.6 is 0 Å². The summed E-state index contributed by atoms with van der Waals surface area (Å²) in [6.07, 6.45) is 0. The molecule has 4 saturated carbocycles. The van der Waals surface area contributed by atoms with E-state index < -0.39 is 0 Å². The van der Waals surface area contributed by atoms with Gasteiger partial charge in [-0.2, -0.15) is 0 Å². The monoisotopic (exact) mass is 222 g/mol. The van der Waals surface area contributed by atoms with Crippen molar-refractivity contribution in [1.29, 1.82) is 0 Å². The van der Waals surface area contributed by atoms with E-state index in [9.17, 15) is 9.59 Å². The Morgan fingerprint density at radius 2 is 1.00 bits per heavy atom. The summed E-state index contributed by atoms with van der Waals surface area (Å²) in [7, 11) is 2.90. The van der Waals surface area contributed by atoms with Gasteiger partial charge in [-0.1, -0.05) is 0 Å². The fourth-order valence-corrected chi connectivity index (χ4v) is 5.31. The molecule has 0 aliphatic heterocycles. The van der Waals surface area contributed by atoms with Crippen LogP contribution in [0.3, 0.4) is 0 Å². The first-order chi connectivity index (χ1) is 7.72. The molecule has 0 heterocycles. The fourth-order valence-electron chi connectivity index (χ4n) is 5.31. The molecule has 0 aromatic carbocycles. The number of carbonyl (C=O) groups is 2. The van der Waals surface area contributed by atoms with Gasteiger partial charge < -0.3 is 9.47 Å². The molecule has 0 N–H and O–H groups in total. The maximum Gasteiger partial charge on any atom is 0.309 e. The SMILES string of the molecule is COC(=O)C1[C@@H]2C3C4[C@@H]2C(C(=O)OC)[C@@H]4[C@@H]13. The third-order valence-electron chi connectivity index (χ3n) is 5.72. The molecule has 0 aromatic rings. The standard InChI is InChI=1S/C12H14O4/c1-15-11(13)9-5-3-4-7(5)10(12(14)16-2)8(4)6(3)9/h3-10H,1-2H3/t3?,4?,5-,6-,7-,8+,9?,10?/m0/s1. The highest BCUT2D eigenvalue weighted by Gasteiger charge is 2.89. The van der Waals surface area contributed by atoms with Crippen molar-refractivity contribution >= 4 is 11.9 Å². The van der Waals surface area contributed by atoms with Gasteiger partial charge in [0.25, 0.3) is 0 Å². The number of methoxy groups -OCH3 is 2. The molecule has 4 aliphatic carbocycles. The maximum atomic E-state index is 11.6. The lowest BCUT2D eigenvalue weighted by atomic mass is 9.14. The zero-order chi connectivity index (χ0) is 11.2. The molecule has 4 fully saturated rings. The van der Waals surface area contributed by atoms with Crippen molar-refractivity contribution in [3.8, 4) is 0 Å². The minimum atomic E-state index is -0.0669. The van der Waals surface area contributed by atoms with Crippen LogP contribution in [0.15, 0.2) is 0 Å². The molecule has 0 spiro atoms. The Labute approximate surface area is 93.3 Å². The molecule has 4 unspecified atom stereocenters. The second kappa shape index (κ2) is 2.44. The number of fused-ring (bicyclic) bond motifs is 2. The van der Waals surface area contributed by atoms with Crippen molar-refractivity contribution in [2.45, 2.75) is 0 Å². The van der Waals surface area contributed by atoms with Crippen LogP contribution in [-0.2, 0) is 19.1 Å². The molecular weight excluding hydrogens is 208 g/mol. The third kappa shape index (κ3) is 0.611. The summed E-state index contributed by atoms with van der Waals surface area (Å²) in [6, 6.07) is 0. The minimum Gasteiger partial charge on any atom is -0.469 e. The van der Waals surface area contributed by atoms with Crippen LogP contribution in [0.5, 0.6) is 0 Å². The lowest BCUT2D eigenvalue weighted by Gasteiger charge is -2.88. The van der Waals surface area contributed by atoms with Crippen LogP contribution in [0.4, 0.5) is 0 Å². The highest BCUT2D eigenvalue weighted by molar-refractivity contribution is 5.81. The second-order valence-corrected chi connectivity index (χ2v) is 5.56. The Balaban J connectivity index is 1.58. The van der Waals surface area contributed by atoms with Gasteiger partial charge in [0.15, 0.2) is 0 Å².